The lowest BCUT2D eigenvalue weighted by atomic mass is 9.86. The second-order valence-corrected chi connectivity index (χ2v) is 5.78. The zero-order valence-corrected chi connectivity index (χ0v) is 12.4. The summed E-state index contributed by atoms with van der Waals surface area (Å²) in [6.45, 7) is 6.99. The van der Waals surface area contributed by atoms with Crippen molar-refractivity contribution in [3.05, 3.63) is 30.1 Å². The highest BCUT2D eigenvalue weighted by Crippen LogP contribution is 2.20. The molecular formula is C15H22FNO3. The smallest absolute Gasteiger partial charge is 0.223 e. The van der Waals surface area contributed by atoms with Crippen molar-refractivity contribution in [2.75, 3.05) is 6.61 Å². The number of hydrogen-bond acceptors (Lipinski definition) is 3. The van der Waals surface area contributed by atoms with Gasteiger partial charge in [-0.15, -0.1) is 0 Å². The van der Waals surface area contributed by atoms with E-state index < -0.39 is 11.1 Å². The molecule has 4 nitrogen and oxygen atoms in total. The molecule has 0 saturated heterocycles. The third kappa shape index (κ3) is 4.81. The number of carbonyl (C=O) groups is 1. The first-order valence-corrected chi connectivity index (χ1v) is 6.53. The van der Waals surface area contributed by atoms with Gasteiger partial charge in [0, 0.05) is 0 Å². The normalized spacial score (nSPS) is 12.1. The summed E-state index contributed by atoms with van der Waals surface area (Å²) < 4.78 is 18.0. The van der Waals surface area contributed by atoms with Gasteiger partial charge in [0.25, 0.3) is 0 Å². The molecule has 1 rings (SSSR count). The number of nitrogens with one attached hydrogen (secondary N) is 1. The van der Waals surface area contributed by atoms with E-state index in [0.717, 1.165) is 0 Å². The van der Waals surface area contributed by atoms with Crippen molar-refractivity contribution in [1.82, 2.24) is 5.32 Å². The summed E-state index contributed by atoms with van der Waals surface area (Å²) in [7, 11) is 0. The Morgan fingerprint density at radius 2 is 1.80 bits per heavy atom. The van der Waals surface area contributed by atoms with Crippen LogP contribution in [0.5, 0.6) is 5.75 Å². The van der Waals surface area contributed by atoms with Gasteiger partial charge in [0.05, 0.1) is 24.2 Å². The molecule has 112 valence electrons. The molecule has 1 amide bonds. The number of benzene rings is 1. The standard InChI is InChI=1S/C15H22FNO3/c1-14(2,15(3,4)19)17-13(18)9-10-20-12-7-5-11(16)6-8-12/h5-8,19H,9-10H2,1-4H3,(H,17,18). The average Bonchev–Trinajstić information content (AvgIpc) is 2.29. The number of carbonyl (C=O) groups excluding carboxylic acids is 1. The third-order valence-corrected chi connectivity index (χ3v) is 3.39. The third-order valence-electron chi connectivity index (χ3n) is 3.39. The molecule has 0 aliphatic carbocycles. The Kier molecular flexibility index (Phi) is 5.11. The van der Waals surface area contributed by atoms with Gasteiger partial charge in [-0.3, -0.25) is 4.79 Å². The minimum absolute atomic E-state index is 0.164. The molecule has 0 aliphatic rings. The second kappa shape index (κ2) is 6.22. The maximum atomic E-state index is 12.7. The van der Waals surface area contributed by atoms with Crippen molar-refractivity contribution < 1.29 is 19.0 Å². The molecule has 1 aromatic carbocycles. The fraction of sp³-hybridized carbons (Fsp3) is 0.533. The Bertz CT molecular complexity index is 449. The Balaban J connectivity index is 2.39. The van der Waals surface area contributed by atoms with Crippen LogP contribution in [0.15, 0.2) is 24.3 Å². The van der Waals surface area contributed by atoms with E-state index in [0.29, 0.717) is 5.75 Å². The number of halogens is 1. The van der Waals surface area contributed by atoms with Crippen LogP contribution in [0, 0.1) is 5.82 Å². The average molecular weight is 283 g/mol. The van der Waals surface area contributed by atoms with Gasteiger partial charge in [0.2, 0.25) is 5.91 Å². The Hall–Kier alpha value is -1.62. The zero-order valence-electron chi connectivity index (χ0n) is 12.4. The predicted molar refractivity (Wildman–Crippen MR) is 75.0 cm³/mol. The van der Waals surface area contributed by atoms with E-state index in [-0.39, 0.29) is 24.8 Å². The molecule has 5 heteroatoms. The van der Waals surface area contributed by atoms with Crippen molar-refractivity contribution in [2.24, 2.45) is 0 Å². The van der Waals surface area contributed by atoms with Crippen molar-refractivity contribution >= 4 is 5.91 Å². The van der Waals surface area contributed by atoms with E-state index in [1.165, 1.54) is 24.3 Å². The van der Waals surface area contributed by atoms with E-state index in [2.05, 4.69) is 5.32 Å². The summed E-state index contributed by atoms with van der Waals surface area (Å²) in [6, 6.07) is 5.61. The van der Waals surface area contributed by atoms with Crippen molar-refractivity contribution in [3.63, 3.8) is 0 Å². The molecule has 1 aromatic rings. The highest BCUT2D eigenvalue weighted by Gasteiger charge is 2.36. The van der Waals surface area contributed by atoms with Crippen LogP contribution in [0.1, 0.15) is 34.1 Å². The molecule has 0 unspecified atom stereocenters. The van der Waals surface area contributed by atoms with Gasteiger partial charge < -0.3 is 15.2 Å². The minimum atomic E-state index is -1.03. The maximum absolute atomic E-state index is 12.7. The molecule has 20 heavy (non-hydrogen) atoms. The fourth-order valence-corrected chi connectivity index (χ4v) is 1.36. The van der Waals surface area contributed by atoms with Gasteiger partial charge in [-0.25, -0.2) is 4.39 Å². The van der Waals surface area contributed by atoms with E-state index in [4.69, 9.17) is 4.74 Å². The summed E-state index contributed by atoms with van der Waals surface area (Å²) in [5.74, 6) is -0.0257. The van der Waals surface area contributed by atoms with Crippen molar-refractivity contribution in [2.45, 2.75) is 45.3 Å². The van der Waals surface area contributed by atoms with Crippen LogP contribution in [-0.4, -0.2) is 28.8 Å². The van der Waals surface area contributed by atoms with E-state index >= 15 is 0 Å². The summed E-state index contributed by atoms with van der Waals surface area (Å²) >= 11 is 0. The molecule has 0 aromatic heterocycles. The topological polar surface area (TPSA) is 58.6 Å². The van der Waals surface area contributed by atoms with Crippen LogP contribution in [0.3, 0.4) is 0 Å². The minimum Gasteiger partial charge on any atom is -0.493 e. The highest BCUT2D eigenvalue weighted by atomic mass is 19.1. The first-order valence-electron chi connectivity index (χ1n) is 6.53. The van der Waals surface area contributed by atoms with Gasteiger partial charge in [-0.1, -0.05) is 0 Å². The number of hydrogen-bond donors (Lipinski definition) is 2. The Morgan fingerprint density at radius 1 is 1.25 bits per heavy atom. The summed E-state index contributed by atoms with van der Waals surface area (Å²) in [6.07, 6.45) is 0.164. The molecule has 0 saturated carbocycles. The van der Waals surface area contributed by atoms with Crippen LogP contribution in [0.25, 0.3) is 0 Å². The summed E-state index contributed by atoms with van der Waals surface area (Å²) in [4.78, 5) is 11.8. The maximum Gasteiger partial charge on any atom is 0.223 e. The van der Waals surface area contributed by atoms with E-state index in [1.807, 2.05) is 0 Å². The van der Waals surface area contributed by atoms with Gasteiger partial charge in [0.1, 0.15) is 11.6 Å². The molecule has 0 aliphatic heterocycles. The molecule has 2 N–H and O–H groups in total. The predicted octanol–water partition coefficient (Wildman–Crippen LogP) is 2.26. The molecule has 0 radical (unpaired) electrons. The molecule has 0 fully saturated rings. The molecule has 0 bridgehead atoms. The van der Waals surface area contributed by atoms with Crippen LogP contribution in [0.4, 0.5) is 4.39 Å². The van der Waals surface area contributed by atoms with Crippen LogP contribution < -0.4 is 10.1 Å². The fourth-order valence-electron chi connectivity index (χ4n) is 1.36. The van der Waals surface area contributed by atoms with Gasteiger partial charge in [0.15, 0.2) is 0 Å². The van der Waals surface area contributed by atoms with Crippen molar-refractivity contribution in [1.29, 1.82) is 0 Å². The lowest BCUT2D eigenvalue weighted by Gasteiger charge is -2.38. The molecular weight excluding hydrogens is 261 g/mol. The summed E-state index contributed by atoms with van der Waals surface area (Å²) in [5, 5.41) is 12.7. The zero-order chi connectivity index (χ0) is 15.4. The molecule has 0 atom stereocenters. The summed E-state index contributed by atoms with van der Waals surface area (Å²) in [5.41, 5.74) is -1.76. The molecule has 0 spiro atoms. The first kappa shape index (κ1) is 16.4. The number of rotatable bonds is 6. The van der Waals surface area contributed by atoms with Crippen molar-refractivity contribution in [3.8, 4) is 5.75 Å². The SMILES string of the molecule is CC(C)(O)C(C)(C)NC(=O)CCOc1ccc(F)cc1. The van der Waals surface area contributed by atoms with E-state index in [1.54, 1.807) is 27.7 Å². The lowest BCUT2D eigenvalue weighted by Crippen LogP contribution is -2.57. The number of ether oxygens (including phenoxy) is 1. The number of aliphatic hydroxyl groups is 1. The van der Waals surface area contributed by atoms with Crippen LogP contribution >= 0.6 is 0 Å². The van der Waals surface area contributed by atoms with Gasteiger partial charge in [-0.2, -0.15) is 0 Å². The monoisotopic (exact) mass is 283 g/mol. The first-order chi connectivity index (χ1) is 9.12. The number of amides is 1. The quantitative estimate of drug-likeness (QED) is 0.842. The Morgan fingerprint density at radius 3 is 2.30 bits per heavy atom. The van der Waals surface area contributed by atoms with Crippen LogP contribution in [0.2, 0.25) is 0 Å². The highest BCUT2D eigenvalue weighted by molar-refractivity contribution is 5.77. The van der Waals surface area contributed by atoms with Gasteiger partial charge in [-0.05, 0) is 52.0 Å². The van der Waals surface area contributed by atoms with Crippen LogP contribution in [-0.2, 0) is 4.79 Å². The Labute approximate surface area is 119 Å². The lowest BCUT2D eigenvalue weighted by molar-refractivity contribution is -0.126. The second-order valence-electron chi connectivity index (χ2n) is 5.78. The molecule has 0 heterocycles. The van der Waals surface area contributed by atoms with E-state index in [9.17, 15) is 14.3 Å². The largest absolute Gasteiger partial charge is 0.493 e. The van der Waals surface area contributed by atoms with Gasteiger partial charge >= 0.3 is 0 Å².